The Bertz CT molecular complexity index is 742. The minimum absolute atomic E-state index is 0.427. The molecule has 8 heteroatoms. The normalized spacial score (nSPS) is 20.9. The lowest BCUT2D eigenvalue weighted by atomic mass is 9.67. The molecule has 2 N–H and O–H groups in total. The topological polar surface area (TPSA) is 73.8 Å². The highest BCUT2D eigenvalue weighted by molar-refractivity contribution is 7.91. The number of guanidine groups is 1. The molecule has 3 rings (SSSR count). The molecule has 0 spiro atoms. The molecule has 6 nitrogen and oxygen atoms in total. The zero-order chi connectivity index (χ0) is 19.3. The maximum atomic E-state index is 12.8. The Morgan fingerprint density at radius 1 is 1.19 bits per heavy atom. The van der Waals surface area contributed by atoms with Gasteiger partial charge in [0.15, 0.2) is 5.96 Å². The van der Waals surface area contributed by atoms with Gasteiger partial charge in [-0.25, -0.2) is 8.42 Å². The molecule has 2 aliphatic rings. The monoisotopic (exact) mass is 412 g/mol. The summed E-state index contributed by atoms with van der Waals surface area (Å²) in [6, 6.07) is 3.64. The SMILES string of the molecule is CCC1(CNC(=NC)NCc2ccc(S(=O)(=O)N3CCCCC3)s2)CCC1. The Morgan fingerprint density at radius 2 is 1.93 bits per heavy atom. The lowest BCUT2D eigenvalue weighted by molar-refractivity contribution is 0.131. The van der Waals surface area contributed by atoms with Crippen molar-refractivity contribution in [3.63, 3.8) is 0 Å². The molecule has 0 unspecified atom stereocenters. The zero-order valence-electron chi connectivity index (χ0n) is 16.5. The molecule has 0 amide bonds. The molecule has 2 heterocycles. The average Bonchev–Trinajstić information content (AvgIpc) is 3.14. The second-order valence-corrected chi connectivity index (χ2v) is 11.0. The van der Waals surface area contributed by atoms with E-state index in [1.165, 1.54) is 37.0 Å². The fraction of sp³-hybridized carbons (Fsp3) is 0.737. The smallest absolute Gasteiger partial charge is 0.252 e. The van der Waals surface area contributed by atoms with Crippen LogP contribution in [0.2, 0.25) is 0 Å². The van der Waals surface area contributed by atoms with E-state index >= 15 is 0 Å². The highest BCUT2D eigenvalue weighted by Crippen LogP contribution is 2.43. The van der Waals surface area contributed by atoms with E-state index in [4.69, 9.17) is 0 Å². The summed E-state index contributed by atoms with van der Waals surface area (Å²) in [5.74, 6) is 0.781. The van der Waals surface area contributed by atoms with Crippen LogP contribution in [0.1, 0.15) is 56.7 Å². The average molecular weight is 413 g/mol. The van der Waals surface area contributed by atoms with Crippen molar-refractivity contribution in [1.29, 1.82) is 0 Å². The van der Waals surface area contributed by atoms with Gasteiger partial charge in [0.25, 0.3) is 10.0 Å². The first-order valence-corrected chi connectivity index (χ1v) is 12.3. The van der Waals surface area contributed by atoms with Crippen LogP contribution >= 0.6 is 11.3 Å². The van der Waals surface area contributed by atoms with E-state index in [9.17, 15) is 8.42 Å². The van der Waals surface area contributed by atoms with Gasteiger partial charge < -0.3 is 10.6 Å². The molecule has 1 saturated heterocycles. The number of hydrogen-bond donors (Lipinski definition) is 2. The highest BCUT2D eigenvalue weighted by Gasteiger charge is 2.35. The Labute approximate surface area is 167 Å². The van der Waals surface area contributed by atoms with Gasteiger partial charge in [-0.3, -0.25) is 4.99 Å². The summed E-state index contributed by atoms with van der Waals surface area (Å²) in [7, 11) is -1.56. The van der Waals surface area contributed by atoms with Gasteiger partial charge in [-0.1, -0.05) is 19.8 Å². The van der Waals surface area contributed by atoms with Gasteiger partial charge in [0, 0.05) is 31.6 Å². The maximum absolute atomic E-state index is 12.8. The van der Waals surface area contributed by atoms with E-state index in [2.05, 4.69) is 22.5 Å². The standard InChI is InChI=1S/C19H32N4O2S2/c1-3-19(10-7-11-19)15-22-18(20-2)21-14-16-8-9-17(26-16)27(24,25)23-12-5-4-6-13-23/h8-9H,3-7,10-15H2,1-2H3,(H2,20,21,22). The molecule has 0 bridgehead atoms. The number of aliphatic imine (C=N–C) groups is 1. The van der Waals surface area contributed by atoms with Crippen molar-refractivity contribution in [3.8, 4) is 0 Å². The van der Waals surface area contributed by atoms with Crippen LogP contribution in [0, 0.1) is 5.41 Å². The number of nitrogens with zero attached hydrogens (tertiary/aromatic N) is 2. The Morgan fingerprint density at radius 3 is 2.52 bits per heavy atom. The summed E-state index contributed by atoms with van der Waals surface area (Å²) < 4.78 is 27.6. The fourth-order valence-electron chi connectivity index (χ4n) is 3.82. The van der Waals surface area contributed by atoms with Crippen LogP contribution in [-0.2, 0) is 16.6 Å². The van der Waals surface area contributed by atoms with Gasteiger partial charge in [0.1, 0.15) is 4.21 Å². The van der Waals surface area contributed by atoms with Crippen LogP contribution in [-0.4, -0.2) is 45.4 Å². The van der Waals surface area contributed by atoms with Crippen molar-refractivity contribution >= 4 is 27.3 Å². The molecule has 0 radical (unpaired) electrons. The van der Waals surface area contributed by atoms with Crippen LogP contribution in [0.15, 0.2) is 21.3 Å². The van der Waals surface area contributed by atoms with Crippen molar-refractivity contribution in [2.75, 3.05) is 26.7 Å². The number of piperidine rings is 1. The summed E-state index contributed by atoms with van der Waals surface area (Å²) in [5.41, 5.74) is 0.427. The number of sulfonamides is 1. The largest absolute Gasteiger partial charge is 0.356 e. The zero-order valence-corrected chi connectivity index (χ0v) is 18.1. The van der Waals surface area contributed by atoms with E-state index in [1.54, 1.807) is 17.4 Å². The minimum Gasteiger partial charge on any atom is -0.356 e. The quantitative estimate of drug-likeness (QED) is 0.533. The van der Waals surface area contributed by atoms with Gasteiger partial charge >= 0.3 is 0 Å². The lowest BCUT2D eigenvalue weighted by Gasteiger charge is -2.41. The molecule has 1 saturated carbocycles. The first-order valence-electron chi connectivity index (χ1n) is 10.0. The van der Waals surface area contributed by atoms with Crippen molar-refractivity contribution < 1.29 is 8.42 Å². The first kappa shape index (κ1) is 20.6. The van der Waals surface area contributed by atoms with E-state index in [0.717, 1.165) is 36.6 Å². The summed E-state index contributed by atoms with van der Waals surface area (Å²) in [5, 5.41) is 6.75. The van der Waals surface area contributed by atoms with E-state index in [-0.39, 0.29) is 0 Å². The first-order chi connectivity index (χ1) is 13.0. The van der Waals surface area contributed by atoms with Gasteiger partial charge in [-0.05, 0) is 49.7 Å². The third-order valence-electron chi connectivity index (χ3n) is 5.99. The predicted molar refractivity (Wildman–Crippen MR) is 112 cm³/mol. The van der Waals surface area contributed by atoms with Crippen molar-refractivity contribution in [1.82, 2.24) is 14.9 Å². The summed E-state index contributed by atoms with van der Waals surface area (Å²) in [6.07, 6.45) is 8.13. The molecule has 0 aromatic carbocycles. The number of hydrogen-bond acceptors (Lipinski definition) is 4. The number of rotatable bonds is 7. The van der Waals surface area contributed by atoms with Crippen LogP contribution in [0.4, 0.5) is 0 Å². The summed E-state index contributed by atoms with van der Waals surface area (Å²) in [4.78, 5) is 5.30. The predicted octanol–water partition coefficient (Wildman–Crippen LogP) is 3.17. The summed E-state index contributed by atoms with van der Waals surface area (Å²) in [6.45, 7) is 5.07. The minimum atomic E-state index is -3.34. The molecule has 1 aliphatic heterocycles. The molecule has 1 aliphatic carbocycles. The van der Waals surface area contributed by atoms with Gasteiger partial charge in [0.2, 0.25) is 0 Å². The van der Waals surface area contributed by atoms with Gasteiger partial charge in [0.05, 0.1) is 6.54 Å². The molecule has 1 aromatic rings. The third-order valence-corrected chi connectivity index (χ3v) is 9.45. The molecular formula is C19H32N4O2S2. The lowest BCUT2D eigenvalue weighted by Crippen LogP contribution is -2.45. The van der Waals surface area contributed by atoms with Crippen LogP contribution < -0.4 is 10.6 Å². The molecule has 1 aromatic heterocycles. The molecular weight excluding hydrogens is 380 g/mol. The van der Waals surface area contributed by atoms with Gasteiger partial charge in [-0.2, -0.15) is 4.31 Å². The van der Waals surface area contributed by atoms with Crippen LogP contribution in [0.5, 0.6) is 0 Å². The molecule has 152 valence electrons. The van der Waals surface area contributed by atoms with Crippen molar-refractivity contribution in [2.24, 2.45) is 10.4 Å². The van der Waals surface area contributed by atoms with Crippen molar-refractivity contribution in [3.05, 3.63) is 17.0 Å². The van der Waals surface area contributed by atoms with Gasteiger partial charge in [-0.15, -0.1) is 11.3 Å². The van der Waals surface area contributed by atoms with Crippen molar-refractivity contribution in [2.45, 2.75) is 62.6 Å². The molecule has 0 atom stereocenters. The highest BCUT2D eigenvalue weighted by atomic mass is 32.2. The maximum Gasteiger partial charge on any atom is 0.252 e. The number of nitrogens with one attached hydrogen (secondary N) is 2. The third kappa shape index (κ3) is 4.84. The van der Waals surface area contributed by atoms with E-state index in [0.29, 0.717) is 29.3 Å². The van der Waals surface area contributed by atoms with Crippen LogP contribution in [0.25, 0.3) is 0 Å². The Balaban J connectivity index is 1.54. The van der Waals surface area contributed by atoms with E-state index < -0.39 is 10.0 Å². The second kappa shape index (κ2) is 8.92. The second-order valence-electron chi connectivity index (χ2n) is 7.67. The van der Waals surface area contributed by atoms with Crippen LogP contribution in [0.3, 0.4) is 0 Å². The summed E-state index contributed by atoms with van der Waals surface area (Å²) >= 11 is 1.35. The Kier molecular flexibility index (Phi) is 6.81. The number of thiophene rings is 1. The van der Waals surface area contributed by atoms with E-state index in [1.807, 2.05) is 6.07 Å². The molecule has 2 fully saturated rings. The Hall–Kier alpha value is -1.12. The fourth-order valence-corrected chi connectivity index (χ4v) is 6.79. The molecule has 27 heavy (non-hydrogen) atoms.